The summed E-state index contributed by atoms with van der Waals surface area (Å²) in [6, 6.07) is 3.72. The summed E-state index contributed by atoms with van der Waals surface area (Å²) < 4.78 is 4.92. The van der Waals surface area contributed by atoms with Gasteiger partial charge in [0.15, 0.2) is 5.69 Å². The molecule has 7 heteroatoms. The summed E-state index contributed by atoms with van der Waals surface area (Å²) in [6.07, 6.45) is 0.840. The van der Waals surface area contributed by atoms with Crippen molar-refractivity contribution >= 4 is 17.3 Å². The first-order chi connectivity index (χ1) is 8.81. The molecule has 96 valence electrons. The smallest absolute Gasteiger partial charge is 0.279 e. The number of hydrogen-bond donors (Lipinski definition) is 2. The largest absolute Gasteiger partial charge is 0.385 e. The van der Waals surface area contributed by atoms with Gasteiger partial charge in [0.05, 0.1) is 4.88 Å². The van der Waals surface area contributed by atoms with Crippen LogP contribution in [0.25, 0.3) is 10.6 Å². The van der Waals surface area contributed by atoms with Gasteiger partial charge in [-0.3, -0.25) is 9.78 Å². The van der Waals surface area contributed by atoms with Gasteiger partial charge in [-0.15, -0.1) is 21.5 Å². The molecule has 0 aliphatic heterocycles. The van der Waals surface area contributed by atoms with Crippen LogP contribution in [0.5, 0.6) is 0 Å². The monoisotopic (exact) mass is 266 g/mol. The Balaban J connectivity index is 2.04. The zero-order chi connectivity index (χ0) is 12.8. The summed E-state index contributed by atoms with van der Waals surface area (Å²) in [6.45, 7) is 1.34. The Morgan fingerprint density at radius 1 is 1.50 bits per heavy atom. The lowest BCUT2D eigenvalue weighted by Crippen LogP contribution is -2.17. The summed E-state index contributed by atoms with van der Waals surface area (Å²) >= 11 is 1.46. The summed E-state index contributed by atoms with van der Waals surface area (Å²) in [5.41, 5.74) is 0.120. The van der Waals surface area contributed by atoms with E-state index < -0.39 is 0 Å². The molecule has 2 rings (SSSR count). The number of nitrogens with zero attached hydrogens (tertiary/aromatic N) is 2. The molecular formula is C11H14N4O2S. The molecule has 0 unspecified atom stereocenters. The number of aromatic amines is 1. The van der Waals surface area contributed by atoms with Crippen LogP contribution in [-0.2, 0) is 4.74 Å². The SMILES string of the molecule is COCCCNc1nnc(-c2cccs2)c(=O)[nH]1. The van der Waals surface area contributed by atoms with Crippen LogP contribution < -0.4 is 10.9 Å². The molecule has 0 radical (unpaired) electrons. The first-order valence-electron chi connectivity index (χ1n) is 5.55. The average Bonchev–Trinajstić information content (AvgIpc) is 2.88. The van der Waals surface area contributed by atoms with E-state index in [0.29, 0.717) is 24.8 Å². The second-order valence-electron chi connectivity index (χ2n) is 3.60. The van der Waals surface area contributed by atoms with Gasteiger partial charge in [-0.2, -0.15) is 0 Å². The molecule has 2 N–H and O–H groups in total. The van der Waals surface area contributed by atoms with Crippen molar-refractivity contribution in [3.8, 4) is 10.6 Å². The number of methoxy groups -OCH3 is 1. The molecule has 6 nitrogen and oxygen atoms in total. The van der Waals surface area contributed by atoms with E-state index >= 15 is 0 Å². The van der Waals surface area contributed by atoms with Gasteiger partial charge in [0.2, 0.25) is 5.95 Å². The highest BCUT2D eigenvalue weighted by Crippen LogP contribution is 2.18. The zero-order valence-corrected chi connectivity index (χ0v) is 10.8. The standard InChI is InChI=1S/C11H14N4O2S/c1-17-6-3-5-12-11-13-10(16)9(14-15-11)8-4-2-7-18-8/h2,4,7H,3,5-6H2,1H3,(H2,12,13,15,16). The van der Waals surface area contributed by atoms with Gasteiger partial charge < -0.3 is 10.1 Å². The van der Waals surface area contributed by atoms with Crippen molar-refractivity contribution in [1.82, 2.24) is 15.2 Å². The number of thiophene rings is 1. The van der Waals surface area contributed by atoms with E-state index in [2.05, 4.69) is 20.5 Å². The molecule has 2 heterocycles. The van der Waals surface area contributed by atoms with Crippen LogP contribution in [0, 0.1) is 0 Å². The van der Waals surface area contributed by atoms with Crippen molar-refractivity contribution in [3.63, 3.8) is 0 Å². The Morgan fingerprint density at radius 2 is 2.39 bits per heavy atom. The van der Waals surface area contributed by atoms with E-state index in [4.69, 9.17) is 4.74 Å². The number of rotatable bonds is 6. The molecule has 0 amide bonds. The second-order valence-corrected chi connectivity index (χ2v) is 4.55. The minimum absolute atomic E-state index is 0.235. The first kappa shape index (κ1) is 12.7. The summed E-state index contributed by atoms with van der Waals surface area (Å²) in [5.74, 6) is 0.386. The van der Waals surface area contributed by atoms with E-state index in [1.165, 1.54) is 11.3 Å². The zero-order valence-electron chi connectivity index (χ0n) is 9.97. The quantitative estimate of drug-likeness (QED) is 0.771. The molecular weight excluding hydrogens is 252 g/mol. The third-order valence-corrected chi connectivity index (χ3v) is 3.15. The highest BCUT2D eigenvalue weighted by atomic mass is 32.1. The molecule has 0 aliphatic rings. The maximum absolute atomic E-state index is 11.8. The third-order valence-electron chi connectivity index (χ3n) is 2.27. The highest BCUT2D eigenvalue weighted by molar-refractivity contribution is 7.13. The Bertz CT molecular complexity index is 538. The summed E-state index contributed by atoms with van der Waals surface area (Å²) in [5, 5.41) is 12.8. The van der Waals surface area contributed by atoms with E-state index in [1.807, 2.05) is 17.5 Å². The third kappa shape index (κ3) is 3.14. The lowest BCUT2D eigenvalue weighted by Gasteiger charge is -2.04. The van der Waals surface area contributed by atoms with Crippen molar-refractivity contribution in [1.29, 1.82) is 0 Å². The first-order valence-corrected chi connectivity index (χ1v) is 6.43. The van der Waals surface area contributed by atoms with Crippen molar-refractivity contribution < 1.29 is 4.74 Å². The molecule has 0 saturated carbocycles. The number of hydrogen-bond acceptors (Lipinski definition) is 6. The van der Waals surface area contributed by atoms with Crippen LogP contribution in [0.2, 0.25) is 0 Å². The molecule has 0 saturated heterocycles. The number of ether oxygens (including phenoxy) is 1. The van der Waals surface area contributed by atoms with E-state index in [-0.39, 0.29) is 5.56 Å². The summed E-state index contributed by atoms with van der Waals surface area (Å²) in [4.78, 5) is 15.3. The van der Waals surface area contributed by atoms with Crippen LogP contribution in [0.4, 0.5) is 5.95 Å². The number of H-pyrrole nitrogens is 1. The van der Waals surface area contributed by atoms with Gasteiger partial charge in [0, 0.05) is 20.3 Å². The Kier molecular flexibility index (Phi) is 4.43. The van der Waals surface area contributed by atoms with Crippen molar-refractivity contribution in [3.05, 3.63) is 27.9 Å². The molecule has 2 aromatic heterocycles. The Labute approximate surface area is 108 Å². The van der Waals surface area contributed by atoms with Crippen molar-refractivity contribution in [2.45, 2.75) is 6.42 Å². The minimum Gasteiger partial charge on any atom is -0.385 e. The van der Waals surface area contributed by atoms with Gasteiger partial charge >= 0.3 is 0 Å². The van der Waals surface area contributed by atoms with Crippen LogP contribution >= 0.6 is 11.3 Å². The molecule has 0 spiro atoms. The molecule has 0 aromatic carbocycles. The normalized spacial score (nSPS) is 10.5. The Hall–Kier alpha value is -1.73. The van der Waals surface area contributed by atoms with Crippen LogP contribution in [-0.4, -0.2) is 35.4 Å². The maximum Gasteiger partial charge on any atom is 0.279 e. The lowest BCUT2D eigenvalue weighted by atomic mass is 10.4. The molecule has 18 heavy (non-hydrogen) atoms. The summed E-state index contributed by atoms with van der Waals surface area (Å²) in [7, 11) is 1.65. The molecule has 2 aromatic rings. The number of aromatic nitrogens is 3. The minimum atomic E-state index is -0.235. The fraction of sp³-hybridized carbons (Fsp3) is 0.364. The van der Waals surface area contributed by atoms with Gasteiger partial charge in [-0.25, -0.2) is 0 Å². The predicted molar refractivity (Wildman–Crippen MR) is 70.9 cm³/mol. The van der Waals surface area contributed by atoms with Gasteiger partial charge in [-0.05, 0) is 17.9 Å². The Morgan fingerprint density at radius 3 is 3.06 bits per heavy atom. The van der Waals surface area contributed by atoms with E-state index in [1.54, 1.807) is 7.11 Å². The number of anilines is 1. The van der Waals surface area contributed by atoms with Crippen molar-refractivity contribution in [2.75, 3.05) is 25.6 Å². The van der Waals surface area contributed by atoms with Gasteiger partial charge in [-0.1, -0.05) is 6.07 Å². The van der Waals surface area contributed by atoms with Crippen LogP contribution in [0.3, 0.4) is 0 Å². The predicted octanol–water partition coefficient (Wildman–Crippen LogP) is 1.34. The van der Waals surface area contributed by atoms with Gasteiger partial charge in [0.1, 0.15) is 0 Å². The van der Waals surface area contributed by atoms with Crippen molar-refractivity contribution in [2.24, 2.45) is 0 Å². The number of nitrogens with one attached hydrogen (secondary N) is 2. The van der Waals surface area contributed by atoms with Crippen LogP contribution in [0.1, 0.15) is 6.42 Å². The molecule has 0 aliphatic carbocycles. The van der Waals surface area contributed by atoms with Gasteiger partial charge in [0.25, 0.3) is 5.56 Å². The fourth-order valence-corrected chi connectivity index (χ4v) is 2.12. The molecule has 0 atom stereocenters. The molecule has 0 fully saturated rings. The lowest BCUT2D eigenvalue weighted by molar-refractivity contribution is 0.197. The topological polar surface area (TPSA) is 79.9 Å². The fourth-order valence-electron chi connectivity index (χ4n) is 1.41. The van der Waals surface area contributed by atoms with Crippen LogP contribution in [0.15, 0.2) is 22.3 Å². The highest BCUT2D eigenvalue weighted by Gasteiger charge is 2.07. The second kappa shape index (κ2) is 6.27. The van der Waals surface area contributed by atoms with E-state index in [0.717, 1.165) is 11.3 Å². The molecule has 0 bridgehead atoms. The average molecular weight is 266 g/mol. The maximum atomic E-state index is 11.8. The van der Waals surface area contributed by atoms with E-state index in [9.17, 15) is 4.79 Å².